The summed E-state index contributed by atoms with van der Waals surface area (Å²) >= 11 is 1.76. The number of aromatic nitrogens is 4. The summed E-state index contributed by atoms with van der Waals surface area (Å²) in [5, 5.41) is 1.22. The Morgan fingerprint density at radius 3 is 2.84 bits per heavy atom. The van der Waals surface area contributed by atoms with E-state index in [1.165, 1.54) is 38.4 Å². The first-order valence-corrected chi connectivity index (χ1v) is 9.04. The zero-order chi connectivity index (χ0) is 16.4. The maximum absolute atomic E-state index is 4.58. The molecule has 0 amide bonds. The van der Waals surface area contributed by atoms with E-state index in [0.29, 0.717) is 0 Å². The fraction of sp³-hybridized carbons (Fsp3) is 0.0500. The third kappa shape index (κ3) is 1.68. The van der Waals surface area contributed by atoms with Crippen LogP contribution >= 0.6 is 11.3 Å². The molecule has 0 atom stereocenters. The standard InChI is InChI=1S/C20H13N4S/c1-2-5-14(6-3-1)24-19-15-8-10-21-11-13(15)12-23(19)17-16-7-4-9-22-18(16)25-20(17)24/h1-11H,12H2/q+1. The van der Waals surface area contributed by atoms with Gasteiger partial charge >= 0.3 is 0 Å². The van der Waals surface area contributed by atoms with Crippen LogP contribution in [0.4, 0.5) is 0 Å². The van der Waals surface area contributed by atoms with Gasteiger partial charge in [-0.1, -0.05) is 29.5 Å². The van der Waals surface area contributed by atoms with Gasteiger partial charge in [0.05, 0.1) is 10.9 Å². The van der Waals surface area contributed by atoms with Crippen LogP contribution in [0, 0.1) is 0 Å². The Hall–Kier alpha value is -3.05. The average molecular weight is 341 g/mol. The number of benzene rings is 1. The van der Waals surface area contributed by atoms with Crippen LogP contribution < -0.4 is 4.57 Å². The van der Waals surface area contributed by atoms with E-state index >= 15 is 0 Å². The number of rotatable bonds is 1. The van der Waals surface area contributed by atoms with Crippen molar-refractivity contribution in [3.05, 3.63) is 72.7 Å². The minimum Gasteiger partial charge on any atom is -0.264 e. The summed E-state index contributed by atoms with van der Waals surface area (Å²) in [6, 6.07) is 16.9. The smallest absolute Gasteiger partial charge is 0.264 e. The number of nitrogens with zero attached hydrogens (tertiary/aromatic N) is 4. The molecule has 0 fully saturated rings. The highest BCUT2D eigenvalue weighted by Gasteiger charge is 2.37. The zero-order valence-corrected chi connectivity index (χ0v) is 14.1. The molecule has 0 aliphatic carbocycles. The summed E-state index contributed by atoms with van der Waals surface area (Å²) in [4.78, 5) is 11.2. The van der Waals surface area contributed by atoms with Crippen LogP contribution in [0.1, 0.15) is 5.56 Å². The fourth-order valence-corrected chi connectivity index (χ4v) is 4.99. The van der Waals surface area contributed by atoms with Crippen LogP contribution in [-0.2, 0) is 6.54 Å². The number of pyridine rings is 2. The number of imidazole rings is 1. The third-order valence-electron chi connectivity index (χ3n) is 4.85. The van der Waals surface area contributed by atoms with E-state index in [1.54, 1.807) is 11.3 Å². The van der Waals surface area contributed by atoms with Crippen LogP contribution in [0.3, 0.4) is 0 Å². The molecule has 6 rings (SSSR count). The molecule has 25 heavy (non-hydrogen) atoms. The van der Waals surface area contributed by atoms with Crippen LogP contribution in [0.25, 0.3) is 37.6 Å². The number of para-hydroxylation sites is 1. The van der Waals surface area contributed by atoms with Gasteiger partial charge in [-0.15, -0.1) is 0 Å². The highest BCUT2D eigenvalue weighted by Crippen LogP contribution is 2.39. The molecule has 0 bridgehead atoms. The van der Waals surface area contributed by atoms with Gasteiger partial charge in [-0.2, -0.15) is 4.57 Å². The van der Waals surface area contributed by atoms with E-state index in [4.69, 9.17) is 0 Å². The quantitative estimate of drug-likeness (QED) is 0.424. The molecule has 5 heteroatoms. The van der Waals surface area contributed by atoms with E-state index in [2.05, 4.69) is 61.6 Å². The maximum Gasteiger partial charge on any atom is 0.296 e. The topological polar surface area (TPSA) is 34.6 Å². The van der Waals surface area contributed by atoms with E-state index in [1.807, 2.05) is 24.7 Å². The van der Waals surface area contributed by atoms with Gasteiger partial charge in [0.2, 0.25) is 4.83 Å². The lowest BCUT2D eigenvalue weighted by Crippen LogP contribution is -2.31. The zero-order valence-electron chi connectivity index (χ0n) is 13.3. The molecule has 0 radical (unpaired) electrons. The molecule has 4 aromatic heterocycles. The summed E-state index contributed by atoms with van der Waals surface area (Å²) in [6.07, 6.45) is 5.73. The van der Waals surface area contributed by atoms with Gasteiger partial charge in [-0.3, -0.25) is 4.98 Å². The fourth-order valence-electron chi connectivity index (χ4n) is 3.82. The molecule has 118 valence electrons. The predicted molar refractivity (Wildman–Crippen MR) is 99.0 cm³/mol. The van der Waals surface area contributed by atoms with Crippen LogP contribution in [0.2, 0.25) is 0 Å². The van der Waals surface area contributed by atoms with Gasteiger partial charge in [0.25, 0.3) is 5.82 Å². The Balaban J connectivity index is 1.83. The van der Waals surface area contributed by atoms with Crippen LogP contribution in [-0.4, -0.2) is 14.5 Å². The lowest BCUT2D eigenvalue weighted by Gasteiger charge is -2.00. The Labute approximate surface area is 147 Å². The molecule has 0 saturated carbocycles. The SMILES string of the molecule is c1ccc(-n2c3[n+](c4c5cccnc5sc42)Cc2cnccc2-3)cc1. The van der Waals surface area contributed by atoms with Crippen LogP contribution in [0.15, 0.2) is 67.1 Å². The van der Waals surface area contributed by atoms with Crippen molar-refractivity contribution in [2.75, 3.05) is 0 Å². The van der Waals surface area contributed by atoms with Crippen molar-refractivity contribution in [2.24, 2.45) is 0 Å². The summed E-state index contributed by atoms with van der Waals surface area (Å²) in [6.45, 7) is 0.857. The van der Waals surface area contributed by atoms with E-state index in [-0.39, 0.29) is 0 Å². The number of hydrogen-bond donors (Lipinski definition) is 0. The Morgan fingerprint density at radius 1 is 1.00 bits per heavy atom. The average Bonchev–Trinajstić information content (AvgIpc) is 3.29. The largest absolute Gasteiger partial charge is 0.296 e. The molecule has 1 aliphatic heterocycles. The lowest BCUT2D eigenvalue weighted by atomic mass is 10.1. The minimum absolute atomic E-state index is 0.857. The Morgan fingerprint density at radius 2 is 1.92 bits per heavy atom. The summed E-state index contributed by atoms with van der Waals surface area (Å²) in [5.74, 6) is 1.23. The van der Waals surface area contributed by atoms with E-state index in [9.17, 15) is 0 Å². The molecule has 4 nitrogen and oxygen atoms in total. The second-order valence-corrected chi connectivity index (χ2v) is 7.20. The molecule has 1 aromatic carbocycles. The van der Waals surface area contributed by atoms with Crippen molar-refractivity contribution >= 4 is 31.9 Å². The van der Waals surface area contributed by atoms with Gasteiger partial charge < -0.3 is 0 Å². The van der Waals surface area contributed by atoms with Crippen molar-refractivity contribution in [3.8, 4) is 17.1 Å². The lowest BCUT2D eigenvalue weighted by molar-refractivity contribution is -0.645. The van der Waals surface area contributed by atoms with Crippen molar-refractivity contribution in [2.45, 2.75) is 6.54 Å². The summed E-state index contributed by atoms with van der Waals surface area (Å²) in [7, 11) is 0. The molecular weight excluding hydrogens is 328 g/mol. The monoisotopic (exact) mass is 341 g/mol. The molecule has 0 spiro atoms. The highest BCUT2D eigenvalue weighted by molar-refractivity contribution is 7.25. The molecule has 5 heterocycles. The number of thiophene rings is 1. The van der Waals surface area contributed by atoms with Gasteiger partial charge in [-0.05, 0) is 30.3 Å². The first kappa shape index (κ1) is 13.3. The van der Waals surface area contributed by atoms with E-state index in [0.717, 1.165) is 11.4 Å². The second kappa shape index (κ2) is 4.74. The van der Waals surface area contributed by atoms with Crippen LogP contribution in [0.5, 0.6) is 0 Å². The highest BCUT2D eigenvalue weighted by atomic mass is 32.1. The second-order valence-electron chi connectivity index (χ2n) is 6.23. The molecule has 0 unspecified atom stereocenters. The van der Waals surface area contributed by atoms with Gasteiger partial charge in [0, 0.05) is 24.2 Å². The number of fused-ring (bicyclic) bond motifs is 7. The summed E-state index contributed by atoms with van der Waals surface area (Å²) in [5.41, 5.74) is 4.98. The van der Waals surface area contributed by atoms with Crippen molar-refractivity contribution in [3.63, 3.8) is 0 Å². The maximum atomic E-state index is 4.58. The van der Waals surface area contributed by atoms with Crippen molar-refractivity contribution < 1.29 is 4.57 Å². The normalized spacial score (nSPS) is 12.6. The van der Waals surface area contributed by atoms with Crippen molar-refractivity contribution in [1.29, 1.82) is 0 Å². The Bertz CT molecular complexity index is 1270. The minimum atomic E-state index is 0.857. The third-order valence-corrected chi connectivity index (χ3v) is 5.94. The molecule has 5 aromatic rings. The first-order chi connectivity index (χ1) is 12.4. The first-order valence-electron chi connectivity index (χ1n) is 8.22. The summed E-state index contributed by atoms with van der Waals surface area (Å²) < 4.78 is 4.78. The van der Waals surface area contributed by atoms with Gasteiger partial charge in [-0.25, -0.2) is 9.55 Å². The van der Waals surface area contributed by atoms with E-state index < -0.39 is 0 Å². The Kier molecular flexibility index (Phi) is 2.51. The molecule has 0 N–H and O–H groups in total. The van der Waals surface area contributed by atoms with Crippen molar-refractivity contribution in [1.82, 2.24) is 14.5 Å². The predicted octanol–water partition coefficient (Wildman–Crippen LogP) is 3.95. The molecule has 1 aliphatic rings. The molecular formula is C20H13N4S+. The van der Waals surface area contributed by atoms with Gasteiger partial charge in [0.15, 0.2) is 5.52 Å². The number of hydrogen-bond acceptors (Lipinski definition) is 3. The molecule has 0 saturated heterocycles. The van der Waals surface area contributed by atoms with Gasteiger partial charge in [0.1, 0.15) is 17.1 Å².